The highest BCUT2D eigenvalue weighted by Crippen LogP contribution is 2.26. The van der Waals surface area contributed by atoms with Gasteiger partial charge in [-0.05, 0) is 31.2 Å². The summed E-state index contributed by atoms with van der Waals surface area (Å²) in [4.78, 5) is 26.6. The van der Waals surface area contributed by atoms with Gasteiger partial charge in [-0.15, -0.1) is 0 Å². The summed E-state index contributed by atoms with van der Waals surface area (Å²) in [5, 5.41) is 9.45. The number of aromatic carboxylic acids is 1. The fraction of sp³-hybridized carbons (Fsp3) is 0.263. The molecule has 8 nitrogen and oxygen atoms in total. The van der Waals surface area contributed by atoms with Crippen LogP contribution in [0.3, 0.4) is 0 Å². The van der Waals surface area contributed by atoms with Crippen molar-refractivity contribution < 1.29 is 14.6 Å². The minimum absolute atomic E-state index is 0.107. The van der Waals surface area contributed by atoms with E-state index in [0.29, 0.717) is 36.1 Å². The van der Waals surface area contributed by atoms with Gasteiger partial charge in [0.15, 0.2) is 0 Å². The van der Waals surface area contributed by atoms with Crippen molar-refractivity contribution in [3.63, 3.8) is 0 Å². The molecule has 140 valence electrons. The SMILES string of the molecule is CCOc1ccc(-c2ccnc(N(C)Cc3nccn3C)n2)cc1C(=O)O. The molecule has 8 heteroatoms. The van der Waals surface area contributed by atoms with Crippen molar-refractivity contribution in [1.29, 1.82) is 0 Å². The van der Waals surface area contributed by atoms with Gasteiger partial charge in [0.2, 0.25) is 5.95 Å². The normalized spacial score (nSPS) is 10.6. The number of aromatic nitrogens is 4. The van der Waals surface area contributed by atoms with E-state index >= 15 is 0 Å². The van der Waals surface area contributed by atoms with Crippen molar-refractivity contribution in [2.24, 2.45) is 7.05 Å². The number of hydrogen-bond donors (Lipinski definition) is 1. The minimum atomic E-state index is -1.04. The number of aryl methyl sites for hydroxylation is 1. The first-order valence-corrected chi connectivity index (χ1v) is 8.50. The molecule has 0 spiro atoms. The quantitative estimate of drug-likeness (QED) is 0.686. The maximum Gasteiger partial charge on any atom is 0.339 e. The zero-order valence-electron chi connectivity index (χ0n) is 15.5. The Hall–Kier alpha value is -3.42. The number of ether oxygens (including phenoxy) is 1. The summed E-state index contributed by atoms with van der Waals surface area (Å²) >= 11 is 0. The number of imidazole rings is 1. The second-order valence-corrected chi connectivity index (χ2v) is 6.00. The van der Waals surface area contributed by atoms with Crippen LogP contribution in [0.5, 0.6) is 5.75 Å². The molecule has 0 saturated carbocycles. The van der Waals surface area contributed by atoms with Gasteiger partial charge in [-0.25, -0.2) is 19.7 Å². The number of carbonyl (C=O) groups is 1. The van der Waals surface area contributed by atoms with Crippen LogP contribution in [0.2, 0.25) is 0 Å². The summed E-state index contributed by atoms with van der Waals surface area (Å²) < 4.78 is 7.33. The van der Waals surface area contributed by atoms with Crippen molar-refractivity contribution >= 4 is 11.9 Å². The first-order valence-electron chi connectivity index (χ1n) is 8.50. The maximum atomic E-state index is 11.5. The molecule has 3 aromatic rings. The number of hydrogen-bond acceptors (Lipinski definition) is 6. The maximum absolute atomic E-state index is 11.5. The lowest BCUT2D eigenvalue weighted by atomic mass is 10.1. The third kappa shape index (κ3) is 4.05. The van der Waals surface area contributed by atoms with Crippen molar-refractivity contribution in [3.05, 3.63) is 54.2 Å². The summed E-state index contributed by atoms with van der Waals surface area (Å²) in [6, 6.07) is 6.77. The minimum Gasteiger partial charge on any atom is -0.493 e. The molecule has 3 rings (SSSR count). The zero-order chi connectivity index (χ0) is 19.4. The third-order valence-corrected chi connectivity index (χ3v) is 4.09. The van der Waals surface area contributed by atoms with Crippen molar-refractivity contribution in [2.75, 3.05) is 18.6 Å². The lowest BCUT2D eigenvalue weighted by molar-refractivity contribution is 0.0692. The molecule has 0 unspecified atom stereocenters. The number of nitrogens with zero attached hydrogens (tertiary/aromatic N) is 5. The van der Waals surface area contributed by atoms with Gasteiger partial charge in [0.05, 0.1) is 18.8 Å². The Bertz CT molecular complexity index is 954. The Morgan fingerprint density at radius 1 is 1.26 bits per heavy atom. The van der Waals surface area contributed by atoms with Crippen LogP contribution in [0.15, 0.2) is 42.9 Å². The monoisotopic (exact) mass is 367 g/mol. The first-order chi connectivity index (χ1) is 13.0. The molecule has 0 saturated heterocycles. The van der Waals surface area contributed by atoms with Gasteiger partial charge in [0, 0.05) is 38.2 Å². The highest BCUT2D eigenvalue weighted by Gasteiger charge is 2.15. The van der Waals surface area contributed by atoms with Gasteiger partial charge in [-0.1, -0.05) is 0 Å². The van der Waals surface area contributed by atoms with E-state index in [1.54, 1.807) is 36.7 Å². The number of rotatable bonds is 7. The predicted octanol–water partition coefficient (Wildman–Crippen LogP) is 2.61. The van der Waals surface area contributed by atoms with Gasteiger partial charge in [0.1, 0.15) is 17.1 Å². The molecule has 27 heavy (non-hydrogen) atoms. The lowest BCUT2D eigenvalue weighted by Gasteiger charge is -2.17. The van der Waals surface area contributed by atoms with Crippen molar-refractivity contribution in [1.82, 2.24) is 19.5 Å². The highest BCUT2D eigenvalue weighted by atomic mass is 16.5. The first kappa shape index (κ1) is 18.4. The van der Waals surface area contributed by atoms with Gasteiger partial charge < -0.3 is 19.3 Å². The summed E-state index contributed by atoms with van der Waals surface area (Å²) in [5.74, 6) is 0.721. The van der Waals surface area contributed by atoms with Gasteiger partial charge in [-0.3, -0.25) is 0 Å². The van der Waals surface area contributed by atoms with Gasteiger partial charge in [0.25, 0.3) is 0 Å². The van der Waals surface area contributed by atoms with Crippen LogP contribution in [-0.2, 0) is 13.6 Å². The second-order valence-electron chi connectivity index (χ2n) is 6.00. The summed E-state index contributed by atoms with van der Waals surface area (Å²) in [7, 11) is 3.81. The van der Waals surface area contributed by atoms with Crippen LogP contribution in [0.1, 0.15) is 23.1 Å². The van der Waals surface area contributed by atoms with Crippen LogP contribution in [0.4, 0.5) is 5.95 Å². The average molecular weight is 367 g/mol. The molecule has 0 bridgehead atoms. The van der Waals surface area contributed by atoms with E-state index in [-0.39, 0.29) is 5.56 Å². The van der Waals surface area contributed by atoms with E-state index in [1.807, 2.05) is 36.7 Å². The number of carboxylic acids is 1. The molecular weight excluding hydrogens is 346 g/mol. The van der Waals surface area contributed by atoms with E-state index in [9.17, 15) is 9.90 Å². The van der Waals surface area contributed by atoms with Crippen LogP contribution in [0, 0.1) is 0 Å². The van der Waals surface area contributed by atoms with Crippen LogP contribution < -0.4 is 9.64 Å². The molecule has 0 atom stereocenters. The smallest absolute Gasteiger partial charge is 0.339 e. The predicted molar refractivity (Wildman–Crippen MR) is 101 cm³/mol. The Labute approximate surface area is 157 Å². The largest absolute Gasteiger partial charge is 0.493 e. The third-order valence-electron chi connectivity index (χ3n) is 4.09. The number of benzene rings is 1. The Kier molecular flexibility index (Phi) is 5.35. The van der Waals surface area contributed by atoms with Crippen LogP contribution in [-0.4, -0.2) is 44.2 Å². The molecular formula is C19H21N5O3. The molecule has 2 heterocycles. The van der Waals surface area contributed by atoms with Crippen molar-refractivity contribution in [3.8, 4) is 17.0 Å². The van der Waals surface area contributed by atoms with Gasteiger partial charge >= 0.3 is 5.97 Å². The van der Waals surface area contributed by atoms with Gasteiger partial charge in [-0.2, -0.15) is 0 Å². The molecule has 1 N–H and O–H groups in total. The molecule has 0 radical (unpaired) electrons. The Morgan fingerprint density at radius 3 is 2.74 bits per heavy atom. The van der Waals surface area contributed by atoms with E-state index in [2.05, 4.69) is 15.0 Å². The van der Waals surface area contributed by atoms with Crippen LogP contribution >= 0.6 is 0 Å². The molecule has 1 aromatic carbocycles. The topological polar surface area (TPSA) is 93.4 Å². The second kappa shape index (κ2) is 7.86. The Morgan fingerprint density at radius 2 is 2.07 bits per heavy atom. The average Bonchev–Trinajstić information content (AvgIpc) is 3.07. The van der Waals surface area contributed by atoms with Crippen LogP contribution in [0.25, 0.3) is 11.3 Å². The fourth-order valence-electron chi connectivity index (χ4n) is 2.66. The standard InChI is InChI=1S/C19H21N5O3/c1-4-27-16-6-5-13(11-14(16)18(25)26)15-7-8-21-19(22-15)24(3)12-17-20-9-10-23(17)2/h5-11H,4,12H2,1-3H3,(H,25,26). The number of anilines is 1. The molecule has 0 amide bonds. The fourth-order valence-corrected chi connectivity index (χ4v) is 2.66. The molecule has 0 fully saturated rings. The lowest BCUT2D eigenvalue weighted by Crippen LogP contribution is -2.21. The van der Waals surface area contributed by atoms with Crippen molar-refractivity contribution in [2.45, 2.75) is 13.5 Å². The van der Waals surface area contributed by atoms with E-state index < -0.39 is 5.97 Å². The summed E-state index contributed by atoms with van der Waals surface area (Å²) in [6.45, 7) is 2.76. The molecule has 0 aliphatic heterocycles. The summed E-state index contributed by atoms with van der Waals surface area (Å²) in [6.07, 6.45) is 5.28. The molecule has 0 aliphatic carbocycles. The molecule has 0 aliphatic rings. The summed E-state index contributed by atoms with van der Waals surface area (Å²) in [5.41, 5.74) is 1.43. The van der Waals surface area contributed by atoms with E-state index in [4.69, 9.17) is 4.74 Å². The molecule has 2 aromatic heterocycles. The zero-order valence-corrected chi connectivity index (χ0v) is 15.5. The highest BCUT2D eigenvalue weighted by molar-refractivity contribution is 5.92. The van der Waals surface area contributed by atoms with E-state index in [0.717, 1.165) is 5.82 Å². The van der Waals surface area contributed by atoms with E-state index in [1.165, 1.54) is 0 Å². The number of carboxylic acid groups (broad SMARTS) is 1. The Balaban J connectivity index is 1.90.